The van der Waals surface area contributed by atoms with E-state index in [-0.39, 0.29) is 24.0 Å². The zero-order valence-electron chi connectivity index (χ0n) is 22.1. The number of fused-ring (bicyclic) bond motifs is 2. The minimum atomic E-state index is -0.164. The number of nitrogens with zero attached hydrogens (tertiary/aromatic N) is 4. The van der Waals surface area contributed by atoms with E-state index in [0.29, 0.717) is 35.1 Å². The van der Waals surface area contributed by atoms with Crippen LogP contribution in [-0.4, -0.2) is 70.1 Å². The van der Waals surface area contributed by atoms with Crippen molar-refractivity contribution in [2.24, 2.45) is 7.05 Å². The Kier molecular flexibility index (Phi) is 8.19. The lowest BCUT2D eigenvalue weighted by Gasteiger charge is -2.13. The number of benzene rings is 2. The summed E-state index contributed by atoms with van der Waals surface area (Å²) in [5.74, 6) is -0.295. The number of hydrogen-bond acceptors (Lipinski definition) is 9. The molecule has 6 rings (SSSR count). The molecule has 0 spiro atoms. The molecule has 2 N–H and O–H groups in total. The number of carbonyl (C=O) groups is 2. The van der Waals surface area contributed by atoms with E-state index < -0.39 is 0 Å². The van der Waals surface area contributed by atoms with Gasteiger partial charge < -0.3 is 20.1 Å². The first-order valence-corrected chi connectivity index (χ1v) is 15.5. The summed E-state index contributed by atoms with van der Waals surface area (Å²) in [6.07, 6.45) is 9.18. The maximum Gasteiger partial charge on any atom is 0.252 e. The number of aromatic nitrogens is 4. The number of carbonyl (C=O) groups excluding carboxylic acids is 2. The molecule has 2 unspecified atom stereocenters. The number of nitrogens with one attached hydrogen (secondary N) is 2. The van der Waals surface area contributed by atoms with Gasteiger partial charge in [0.2, 0.25) is 0 Å². The predicted octanol–water partition coefficient (Wildman–Crippen LogP) is 4.13. The van der Waals surface area contributed by atoms with Crippen LogP contribution < -0.4 is 10.6 Å². The molecule has 2 aliphatic rings. The van der Waals surface area contributed by atoms with Crippen LogP contribution in [0.25, 0.3) is 21.8 Å². The van der Waals surface area contributed by atoms with Gasteiger partial charge in [0.15, 0.2) is 0 Å². The Bertz CT molecular complexity index is 1550. The Hall–Kier alpha value is -3.19. The van der Waals surface area contributed by atoms with Gasteiger partial charge in [-0.2, -0.15) is 5.10 Å². The molecule has 0 aliphatic carbocycles. The summed E-state index contributed by atoms with van der Waals surface area (Å²) in [5.41, 5.74) is 2.59. The zero-order valence-corrected chi connectivity index (χ0v) is 23.7. The molecule has 2 saturated heterocycles. The molecular formula is C28H30N6O4S2. The molecule has 2 aromatic heterocycles. The number of amides is 2. The molecule has 10 nitrogen and oxygen atoms in total. The van der Waals surface area contributed by atoms with Crippen LogP contribution in [0.2, 0.25) is 0 Å². The molecule has 0 bridgehead atoms. The third-order valence-electron chi connectivity index (χ3n) is 7.13. The molecule has 12 heteroatoms. The molecule has 2 aromatic carbocycles. The highest BCUT2D eigenvalue weighted by atomic mass is 33.1. The number of hydrogen-bond donors (Lipinski definition) is 2. The smallest absolute Gasteiger partial charge is 0.252 e. The van der Waals surface area contributed by atoms with Gasteiger partial charge in [-0.05, 0) is 49.9 Å². The summed E-state index contributed by atoms with van der Waals surface area (Å²) in [7, 11) is 4.92. The fraction of sp³-hybridized carbons (Fsp3) is 0.393. The second kappa shape index (κ2) is 12.1. The van der Waals surface area contributed by atoms with Gasteiger partial charge in [0.25, 0.3) is 11.8 Å². The minimum Gasteiger partial charge on any atom is -0.376 e. The first-order valence-electron chi connectivity index (χ1n) is 13.4. The Labute approximate surface area is 239 Å². The van der Waals surface area contributed by atoms with Crippen LogP contribution in [0, 0.1) is 0 Å². The van der Waals surface area contributed by atoms with Crippen LogP contribution >= 0.6 is 21.6 Å². The van der Waals surface area contributed by atoms with E-state index in [9.17, 15) is 9.59 Å². The Balaban J connectivity index is 1.19. The minimum absolute atomic E-state index is 0.0694. The molecule has 0 radical (unpaired) electrons. The standard InChI is InChI=1S/C28H30N6O4S2/c1-34-15-22-20(28(36)31-13-18-5-3-11-38-18)7-9-24(26(22)33-34)40-39-23-8-6-19(21-14-29-16-32-25(21)23)27(35)30-12-17-4-2-10-37-17/h6-9,14-18H,2-5,10-13H2,1H3,(H,30,35)(H,31,36). The molecule has 2 fully saturated rings. The van der Waals surface area contributed by atoms with E-state index in [4.69, 9.17) is 9.47 Å². The third kappa shape index (κ3) is 5.80. The molecule has 4 aromatic rings. The maximum absolute atomic E-state index is 13.0. The quantitative estimate of drug-likeness (QED) is 0.283. The van der Waals surface area contributed by atoms with Crippen molar-refractivity contribution in [2.45, 2.75) is 47.7 Å². The summed E-state index contributed by atoms with van der Waals surface area (Å²) in [5, 5.41) is 12.1. The summed E-state index contributed by atoms with van der Waals surface area (Å²) in [6.45, 7) is 2.49. The largest absolute Gasteiger partial charge is 0.376 e. The normalized spacial score (nSPS) is 18.9. The van der Waals surface area contributed by atoms with Crippen molar-refractivity contribution in [3.05, 3.63) is 54.1 Å². The zero-order chi connectivity index (χ0) is 27.5. The second-order valence-corrected chi connectivity index (χ2v) is 12.1. The highest BCUT2D eigenvalue weighted by molar-refractivity contribution is 8.76. The monoisotopic (exact) mass is 578 g/mol. The van der Waals surface area contributed by atoms with Gasteiger partial charge in [-0.25, -0.2) is 9.97 Å². The van der Waals surface area contributed by atoms with E-state index in [1.807, 2.05) is 37.5 Å². The molecular weight excluding hydrogens is 548 g/mol. The Morgan fingerprint density at radius 3 is 2.10 bits per heavy atom. The van der Waals surface area contributed by atoms with Gasteiger partial charge in [-0.1, -0.05) is 21.6 Å². The molecule has 4 heterocycles. The van der Waals surface area contributed by atoms with Crippen molar-refractivity contribution in [3.63, 3.8) is 0 Å². The molecule has 208 valence electrons. The molecule has 2 amide bonds. The van der Waals surface area contributed by atoms with Gasteiger partial charge in [-0.3, -0.25) is 14.3 Å². The average Bonchev–Trinajstić information content (AvgIpc) is 3.75. The molecule has 0 saturated carbocycles. The molecule has 40 heavy (non-hydrogen) atoms. The van der Waals surface area contributed by atoms with Crippen molar-refractivity contribution in [1.82, 2.24) is 30.4 Å². The van der Waals surface area contributed by atoms with E-state index in [1.165, 1.54) is 27.9 Å². The van der Waals surface area contributed by atoms with E-state index in [2.05, 4.69) is 25.7 Å². The van der Waals surface area contributed by atoms with Crippen molar-refractivity contribution in [1.29, 1.82) is 0 Å². The van der Waals surface area contributed by atoms with Gasteiger partial charge in [0.05, 0.1) is 28.9 Å². The lowest BCUT2D eigenvalue weighted by molar-refractivity contribution is 0.0855. The highest BCUT2D eigenvalue weighted by Gasteiger charge is 2.21. The van der Waals surface area contributed by atoms with Crippen LogP contribution in [0.1, 0.15) is 46.4 Å². The molecule has 2 atom stereocenters. The van der Waals surface area contributed by atoms with E-state index in [0.717, 1.165) is 59.6 Å². The fourth-order valence-electron chi connectivity index (χ4n) is 5.08. The predicted molar refractivity (Wildman–Crippen MR) is 155 cm³/mol. The first-order chi connectivity index (χ1) is 19.6. The van der Waals surface area contributed by atoms with Crippen molar-refractivity contribution >= 4 is 55.2 Å². The SMILES string of the molecule is Cn1cc2c(C(=O)NCC3CCCO3)ccc(SSc3ccc(C(=O)NCC4CCCO4)c4cncnc34)c2n1. The van der Waals surface area contributed by atoms with Crippen molar-refractivity contribution < 1.29 is 19.1 Å². The highest BCUT2D eigenvalue weighted by Crippen LogP contribution is 2.43. The van der Waals surface area contributed by atoms with E-state index in [1.54, 1.807) is 10.9 Å². The van der Waals surface area contributed by atoms with Crippen molar-refractivity contribution in [2.75, 3.05) is 26.3 Å². The lowest BCUT2D eigenvalue weighted by atomic mass is 10.1. The summed E-state index contributed by atoms with van der Waals surface area (Å²) < 4.78 is 13.0. The fourth-order valence-corrected chi connectivity index (χ4v) is 7.32. The number of aryl methyl sites for hydroxylation is 1. The molecule has 2 aliphatic heterocycles. The summed E-state index contributed by atoms with van der Waals surface area (Å²) in [6, 6.07) is 7.51. The van der Waals surface area contributed by atoms with Crippen LogP contribution in [-0.2, 0) is 16.5 Å². The number of rotatable bonds is 9. The summed E-state index contributed by atoms with van der Waals surface area (Å²) in [4.78, 5) is 36.5. The maximum atomic E-state index is 13.0. The third-order valence-corrected chi connectivity index (χ3v) is 9.56. The van der Waals surface area contributed by atoms with Crippen LogP contribution in [0.4, 0.5) is 0 Å². The topological polar surface area (TPSA) is 120 Å². The number of ether oxygens (including phenoxy) is 2. The summed E-state index contributed by atoms with van der Waals surface area (Å²) >= 11 is 0. The Morgan fingerprint density at radius 1 is 0.900 bits per heavy atom. The van der Waals surface area contributed by atoms with Gasteiger partial charge in [0, 0.05) is 66.3 Å². The Morgan fingerprint density at radius 2 is 1.50 bits per heavy atom. The van der Waals surface area contributed by atoms with Gasteiger partial charge >= 0.3 is 0 Å². The van der Waals surface area contributed by atoms with Crippen LogP contribution in [0.5, 0.6) is 0 Å². The van der Waals surface area contributed by atoms with E-state index >= 15 is 0 Å². The van der Waals surface area contributed by atoms with Crippen LogP contribution in [0.3, 0.4) is 0 Å². The van der Waals surface area contributed by atoms with Crippen LogP contribution in [0.15, 0.2) is 52.8 Å². The van der Waals surface area contributed by atoms with Crippen molar-refractivity contribution in [3.8, 4) is 0 Å². The van der Waals surface area contributed by atoms with Gasteiger partial charge in [0.1, 0.15) is 11.8 Å². The van der Waals surface area contributed by atoms with Gasteiger partial charge in [-0.15, -0.1) is 0 Å². The average molecular weight is 579 g/mol. The first kappa shape index (κ1) is 27.0. The second-order valence-electron chi connectivity index (χ2n) is 9.93. The lowest BCUT2D eigenvalue weighted by Crippen LogP contribution is -2.31.